The number of hydrogen-bond donors (Lipinski definition) is 2. The SMILES string of the molecule is CC(C)(C)OC(=O)N1C2C[C@]2(C)C[C@H]1c1nc2ccc(-c3ccc4c(ccc5[nH]c([C@@H]6C[C@@]7(C)CC7N6C(=O)OC(C)(C)C)nc54)c3)cc2[nH]1. The lowest BCUT2D eigenvalue weighted by molar-refractivity contribution is 0.0164. The summed E-state index contributed by atoms with van der Waals surface area (Å²) >= 11 is 0. The molecular formula is C40H46N6O4. The molecule has 260 valence electrons. The van der Waals surface area contributed by atoms with Crippen molar-refractivity contribution in [3.8, 4) is 11.1 Å². The Morgan fingerprint density at radius 2 is 1.24 bits per heavy atom. The van der Waals surface area contributed by atoms with Gasteiger partial charge in [-0.1, -0.05) is 38.1 Å². The molecule has 5 aromatic rings. The number of aromatic nitrogens is 4. The Morgan fingerprint density at radius 1 is 0.700 bits per heavy atom. The summed E-state index contributed by atoms with van der Waals surface area (Å²) in [7, 11) is 0. The fourth-order valence-corrected chi connectivity index (χ4v) is 8.71. The highest BCUT2D eigenvalue weighted by Gasteiger charge is 2.65. The number of nitrogens with one attached hydrogen (secondary N) is 2. The van der Waals surface area contributed by atoms with Crippen molar-refractivity contribution < 1.29 is 19.1 Å². The van der Waals surface area contributed by atoms with Gasteiger partial charge in [-0.05, 0) is 119 Å². The van der Waals surface area contributed by atoms with Crippen LogP contribution < -0.4 is 0 Å². The molecule has 4 heterocycles. The molecule has 9 rings (SSSR count). The second-order valence-electron chi connectivity index (χ2n) is 17.8. The van der Waals surface area contributed by atoms with Crippen molar-refractivity contribution in [3.63, 3.8) is 0 Å². The molecule has 2 amide bonds. The fraction of sp³-hybridized carbons (Fsp3) is 0.500. The average Bonchev–Trinajstić information content (AvgIpc) is 3.52. The third-order valence-corrected chi connectivity index (χ3v) is 11.4. The first kappa shape index (κ1) is 31.4. The van der Waals surface area contributed by atoms with E-state index in [1.54, 1.807) is 0 Å². The maximum atomic E-state index is 13.3. The second-order valence-corrected chi connectivity index (χ2v) is 17.8. The van der Waals surface area contributed by atoms with E-state index >= 15 is 0 Å². The molecule has 2 aliphatic heterocycles. The topological polar surface area (TPSA) is 116 Å². The molecule has 2 unspecified atom stereocenters. The predicted octanol–water partition coefficient (Wildman–Crippen LogP) is 9.18. The highest BCUT2D eigenvalue weighted by Crippen LogP contribution is 2.64. The molecule has 0 radical (unpaired) electrons. The zero-order valence-corrected chi connectivity index (χ0v) is 30.2. The first-order valence-corrected chi connectivity index (χ1v) is 17.9. The minimum absolute atomic E-state index is 0.112. The molecule has 0 spiro atoms. The van der Waals surface area contributed by atoms with Crippen molar-refractivity contribution in [2.24, 2.45) is 10.8 Å². The lowest BCUT2D eigenvalue weighted by atomic mass is 10.0. The predicted molar refractivity (Wildman–Crippen MR) is 193 cm³/mol. The monoisotopic (exact) mass is 674 g/mol. The summed E-state index contributed by atoms with van der Waals surface area (Å²) < 4.78 is 11.6. The van der Waals surface area contributed by atoms with Gasteiger partial charge in [-0.25, -0.2) is 19.6 Å². The van der Waals surface area contributed by atoms with Crippen LogP contribution >= 0.6 is 0 Å². The molecule has 10 heteroatoms. The highest BCUT2D eigenvalue weighted by molar-refractivity contribution is 6.05. The standard InChI is InChI=1S/C40H46N6O4/c1-37(2,3)49-35(47)45-28(17-39(7)19-30(39)45)33-41-25-13-10-22(16-27(25)43-33)21-9-12-24-23(15-21)11-14-26-32(24)44-34(42-26)29-18-40(8)20-31(40)46(29)36(48)50-38(4,5)6/h9-16,28-31H,17-20H2,1-8H3,(H,41,43)(H,42,44)/t28-,29-,30?,31?,39-,40-/m0/s1. The van der Waals surface area contributed by atoms with E-state index in [0.29, 0.717) is 0 Å². The summed E-state index contributed by atoms with van der Waals surface area (Å²) in [5.41, 5.74) is 4.98. The largest absolute Gasteiger partial charge is 0.444 e. The van der Waals surface area contributed by atoms with Crippen molar-refractivity contribution >= 4 is 45.0 Å². The number of benzene rings is 3. The number of likely N-dealkylation sites (tertiary alicyclic amines) is 2. The van der Waals surface area contributed by atoms with E-state index in [9.17, 15) is 9.59 Å². The normalized spacial score (nSPS) is 28.7. The van der Waals surface area contributed by atoms with E-state index < -0.39 is 11.2 Å². The van der Waals surface area contributed by atoms with Crippen molar-refractivity contribution in [3.05, 3.63) is 60.2 Å². The molecule has 4 fully saturated rings. The van der Waals surface area contributed by atoms with Gasteiger partial charge in [-0.3, -0.25) is 9.80 Å². The molecule has 2 aliphatic carbocycles. The third kappa shape index (κ3) is 5.04. The lowest BCUT2D eigenvalue weighted by Gasteiger charge is -2.29. The number of carbonyl (C=O) groups is 2. The van der Waals surface area contributed by atoms with Crippen LogP contribution in [0.5, 0.6) is 0 Å². The van der Waals surface area contributed by atoms with E-state index in [2.05, 4.69) is 72.3 Å². The first-order valence-electron chi connectivity index (χ1n) is 17.9. The van der Waals surface area contributed by atoms with Gasteiger partial charge in [0.05, 0.1) is 34.2 Å². The number of rotatable bonds is 3. The van der Waals surface area contributed by atoms with Crippen LogP contribution in [0.4, 0.5) is 9.59 Å². The van der Waals surface area contributed by atoms with Gasteiger partial charge in [0.15, 0.2) is 0 Å². The van der Waals surface area contributed by atoms with E-state index in [-0.39, 0.29) is 47.2 Å². The number of H-pyrrole nitrogens is 2. The van der Waals surface area contributed by atoms with Crippen molar-refractivity contribution in [2.45, 2.75) is 116 Å². The van der Waals surface area contributed by atoms with Gasteiger partial charge in [0, 0.05) is 17.5 Å². The Bertz CT molecular complexity index is 2240. The summed E-state index contributed by atoms with van der Waals surface area (Å²) in [6, 6.07) is 17.1. The summed E-state index contributed by atoms with van der Waals surface area (Å²) in [5, 5.41) is 2.16. The summed E-state index contributed by atoms with van der Waals surface area (Å²) in [6.07, 6.45) is 3.23. The van der Waals surface area contributed by atoms with Crippen LogP contribution in [0.1, 0.15) is 105 Å². The van der Waals surface area contributed by atoms with Crippen LogP contribution in [0.3, 0.4) is 0 Å². The summed E-state index contributed by atoms with van der Waals surface area (Å²) in [5.74, 6) is 1.63. The number of carbonyl (C=O) groups excluding carboxylic acids is 2. The number of imidazole rings is 2. The molecular weight excluding hydrogens is 628 g/mol. The van der Waals surface area contributed by atoms with Gasteiger partial charge in [-0.2, -0.15) is 0 Å². The molecule has 2 N–H and O–H groups in total. The number of ether oxygens (including phenoxy) is 2. The average molecular weight is 675 g/mol. The van der Waals surface area contributed by atoms with Crippen LogP contribution in [-0.4, -0.2) is 65.2 Å². The van der Waals surface area contributed by atoms with Crippen LogP contribution in [0.2, 0.25) is 0 Å². The minimum atomic E-state index is -0.556. The van der Waals surface area contributed by atoms with Gasteiger partial charge >= 0.3 is 12.2 Å². The number of fused-ring (bicyclic) bond motifs is 6. The molecule has 50 heavy (non-hydrogen) atoms. The molecule has 2 aromatic heterocycles. The number of amides is 2. The Kier molecular flexibility index (Phi) is 6.28. The van der Waals surface area contributed by atoms with Gasteiger partial charge in [0.2, 0.25) is 0 Å². The molecule has 4 aliphatic rings. The van der Waals surface area contributed by atoms with E-state index in [1.807, 2.05) is 51.3 Å². The Hall–Kier alpha value is -4.60. The quantitative estimate of drug-likeness (QED) is 0.197. The van der Waals surface area contributed by atoms with Crippen molar-refractivity contribution in [1.82, 2.24) is 29.7 Å². The fourth-order valence-electron chi connectivity index (χ4n) is 8.71. The zero-order chi connectivity index (χ0) is 35.1. The van der Waals surface area contributed by atoms with Gasteiger partial charge in [0.1, 0.15) is 22.9 Å². The maximum absolute atomic E-state index is 13.3. The van der Waals surface area contributed by atoms with Crippen LogP contribution in [-0.2, 0) is 9.47 Å². The molecule has 10 nitrogen and oxygen atoms in total. The van der Waals surface area contributed by atoms with Crippen LogP contribution in [0.25, 0.3) is 44.0 Å². The van der Waals surface area contributed by atoms with Crippen LogP contribution in [0, 0.1) is 10.8 Å². The number of piperidine rings is 2. The number of hydrogen-bond acceptors (Lipinski definition) is 6. The number of nitrogens with zero attached hydrogens (tertiary/aromatic N) is 4. The van der Waals surface area contributed by atoms with Gasteiger partial charge in [0.25, 0.3) is 0 Å². The lowest BCUT2D eigenvalue weighted by Crippen LogP contribution is -2.38. The minimum Gasteiger partial charge on any atom is -0.444 e. The van der Waals surface area contributed by atoms with Crippen LogP contribution in [0.15, 0.2) is 48.5 Å². The molecule has 2 saturated heterocycles. The zero-order valence-electron chi connectivity index (χ0n) is 30.2. The summed E-state index contributed by atoms with van der Waals surface area (Å²) in [4.78, 5) is 47.6. The van der Waals surface area contributed by atoms with E-state index in [1.165, 1.54) is 0 Å². The smallest absolute Gasteiger partial charge is 0.411 e. The van der Waals surface area contributed by atoms with Crippen molar-refractivity contribution in [2.75, 3.05) is 0 Å². The van der Waals surface area contributed by atoms with Gasteiger partial charge in [-0.15, -0.1) is 0 Å². The maximum Gasteiger partial charge on any atom is 0.411 e. The van der Waals surface area contributed by atoms with E-state index in [4.69, 9.17) is 19.4 Å². The second kappa shape index (κ2) is 10.0. The highest BCUT2D eigenvalue weighted by atomic mass is 16.6. The van der Waals surface area contributed by atoms with Crippen molar-refractivity contribution in [1.29, 1.82) is 0 Å². The molecule has 3 aromatic carbocycles. The summed E-state index contributed by atoms with van der Waals surface area (Å²) in [6.45, 7) is 16.0. The molecule has 0 bridgehead atoms. The molecule has 2 saturated carbocycles. The number of aromatic amines is 2. The first-order chi connectivity index (χ1) is 23.5. The third-order valence-electron chi connectivity index (χ3n) is 11.4. The Balaban J connectivity index is 1.00. The Morgan fingerprint density at radius 3 is 1.84 bits per heavy atom. The molecule has 6 atom stereocenters. The Labute approximate surface area is 291 Å². The van der Waals surface area contributed by atoms with Gasteiger partial charge < -0.3 is 19.4 Å². The van der Waals surface area contributed by atoms with E-state index in [0.717, 1.165) is 81.3 Å².